The molecule has 0 fully saturated rings. The second kappa shape index (κ2) is 6.59. The standard InChI is InChI=1S/C13H18O2S/c1-10(2)12(13(14)15)9-16-8-11-6-4-3-5-7-11/h3-7,10,12H,8-9H2,1-2H3,(H,14,15)/t12-/m1/s1. The largest absolute Gasteiger partial charge is 0.481 e. The lowest BCUT2D eigenvalue weighted by Crippen LogP contribution is -2.22. The van der Waals surface area contributed by atoms with Crippen LogP contribution in [-0.2, 0) is 10.5 Å². The van der Waals surface area contributed by atoms with Crippen molar-refractivity contribution in [1.29, 1.82) is 0 Å². The molecule has 16 heavy (non-hydrogen) atoms. The SMILES string of the molecule is CC(C)[C@@H](CSCc1ccccc1)C(=O)O. The first-order valence-corrected chi connectivity index (χ1v) is 6.61. The predicted molar refractivity (Wildman–Crippen MR) is 68.6 cm³/mol. The monoisotopic (exact) mass is 238 g/mol. The van der Waals surface area contributed by atoms with Crippen LogP contribution in [0.2, 0.25) is 0 Å². The number of carboxylic acid groups (broad SMARTS) is 1. The minimum Gasteiger partial charge on any atom is -0.481 e. The number of aliphatic carboxylic acids is 1. The third kappa shape index (κ3) is 4.27. The summed E-state index contributed by atoms with van der Waals surface area (Å²) in [5, 5.41) is 9.03. The van der Waals surface area contributed by atoms with E-state index in [1.54, 1.807) is 11.8 Å². The first kappa shape index (κ1) is 13.1. The Hall–Kier alpha value is -0.960. The molecular weight excluding hydrogens is 220 g/mol. The number of carbonyl (C=O) groups is 1. The maximum atomic E-state index is 11.0. The molecule has 0 amide bonds. The fourth-order valence-corrected chi connectivity index (χ4v) is 2.75. The van der Waals surface area contributed by atoms with E-state index in [0.29, 0.717) is 5.75 Å². The average molecular weight is 238 g/mol. The molecule has 0 aliphatic heterocycles. The van der Waals surface area contributed by atoms with E-state index in [9.17, 15) is 4.79 Å². The molecule has 1 atom stereocenters. The predicted octanol–water partition coefficient (Wildman–Crippen LogP) is 3.28. The van der Waals surface area contributed by atoms with E-state index in [2.05, 4.69) is 12.1 Å². The molecule has 0 aromatic heterocycles. The van der Waals surface area contributed by atoms with Crippen molar-refractivity contribution in [1.82, 2.24) is 0 Å². The van der Waals surface area contributed by atoms with Crippen LogP contribution in [0.25, 0.3) is 0 Å². The lowest BCUT2D eigenvalue weighted by atomic mass is 9.98. The molecular formula is C13H18O2S. The van der Waals surface area contributed by atoms with Gasteiger partial charge in [0.25, 0.3) is 0 Å². The third-order valence-corrected chi connectivity index (χ3v) is 3.66. The zero-order chi connectivity index (χ0) is 12.0. The van der Waals surface area contributed by atoms with E-state index in [4.69, 9.17) is 5.11 Å². The summed E-state index contributed by atoms with van der Waals surface area (Å²) in [6.45, 7) is 3.92. The molecule has 1 rings (SSSR count). The number of benzene rings is 1. The van der Waals surface area contributed by atoms with Crippen LogP contribution in [0.4, 0.5) is 0 Å². The van der Waals surface area contributed by atoms with Crippen molar-refractivity contribution in [2.75, 3.05) is 5.75 Å². The van der Waals surface area contributed by atoms with Crippen molar-refractivity contribution in [3.63, 3.8) is 0 Å². The van der Waals surface area contributed by atoms with Crippen molar-refractivity contribution < 1.29 is 9.90 Å². The van der Waals surface area contributed by atoms with Crippen LogP contribution in [0.15, 0.2) is 30.3 Å². The van der Waals surface area contributed by atoms with E-state index >= 15 is 0 Å². The van der Waals surface area contributed by atoms with Gasteiger partial charge in [0.1, 0.15) is 0 Å². The van der Waals surface area contributed by atoms with Gasteiger partial charge < -0.3 is 5.11 Å². The Morgan fingerprint density at radius 1 is 1.31 bits per heavy atom. The molecule has 0 saturated carbocycles. The molecule has 0 heterocycles. The lowest BCUT2D eigenvalue weighted by Gasteiger charge is -2.15. The molecule has 3 heteroatoms. The van der Waals surface area contributed by atoms with Crippen LogP contribution in [0.1, 0.15) is 19.4 Å². The van der Waals surface area contributed by atoms with Crippen molar-refractivity contribution in [2.45, 2.75) is 19.6 Å². The lowest BCUT2D eigenvalue weighted by molar-refractivity contribution is -0.142. The molecule has 0 bridgehead atoms. The Balaban J connectivity index is 2.37. The van der Waals surface area contributed by atoms with Gasteiger partial charge in [-0.25, -0.2) is 0 Å². The Bertz CT molecular complexity index is 322. The summed E-state index contributed by atoms with van der Waals surface area (Å²) in [6, 6.07) is 10.1. The smallest absolute Gasteiger partial charge is 0.307 e. The minimum atomic E-state index is -0.685. The van der Waals surface area contributed by atoms with Gasteiger partial charge >= 0.3 is 5.97 Å². The maximum Gasteiger partial charge on any atom is 0.307 e. The second-order valence-electron chi connectivity index (χ2n) is 4.19. The number of rotatable bonds is 6. The van der Waals surface area contributed by atoms with E-state index in [1.165, 1.54) is 5.56 Å². The highest BCUT2D eigenvalue weighted by atomic mass is 32.2. The van der Waals surface area contributed by atoms with E-state index in [1.807, 2.05) is 32.0 Å². The van der Waals surface area contributed by atoms with Crippen LogP contribution in [0.5, 0.6) is 0 Å². The van der Waals surface area contributed by atoms with Crippen molar-refractivity contribution in [3.8, 4) is 0 Å². The summed E-state index contributed by atoms with van der Waals surface area (Å²) in [5.41, 5.74) is 1.25. The topological polar surface area (TPSA) is 37.3 Å². The van der Waals surface area contributed by atoms with Gasteiger partial charge in [0, 0.05) is 11.5 Å². The summed E-state index contributed by atoms with van der Waals surface area (Å²) in [6.07, 6.45) is 0. The summed E-state index contributed by atoms with van der Waals surface area (Å²) in [7, 11) is 0. The van der Waals surface area contributed by atoms with Crippen molar-refractivity contribution in [2.24, 2.45) is 11.8 Å². The van der Waals surface area contributed by atoms with Gasteiger partial charge in [-0.15, -0.1) is 0 Å². The second-order valence-corrected chi connectivity index (χ2v) is 5.22. The zero-order valence-corrected chi connectivity index (χ0v) is 10.5. The van der Waals surface area contributed by atoms with E-state index in [0.717, 1.165) is 5.75 Å². The highest BCUT2D eigenvalue weighted by Crippen LogP contribution is 2.20. The van der Waals surface area contributed by atoms with Gasteiger partial charge in [0.2, 0.25) is 0 Å². The fraction of sp³-hybridized carbons (Fsp3) is 0.462. The highest BCUT2D eigenvalue weighted by Gasteiger charge is 2.20. The molecule has 0 saturated heterocycles. The molecule has 0 aliphatic rings. The number of hydrogen-bond acceptors (Lipinski definition) is 2. The summed E-state index contributed by atoms with van der Waals surface area (Å²) in [4.78, 5) is 11.0. The molecule has 0 radical (unpaired) electrons. The van der Waals surface area contributed by atoms with E-state index < -0.39 is 5.97 Å². The van der Waals surface area contributed by atoms with Crippen LogP contribution in [0.3, 0.4) is 0 Å². The molecule has 0 unspecified atom stereocenters. The summed E-state index contributed by atoms with van der Waals surface area (Å²) >= 11 is 1.69. The molecule has 0 aliphatic carbocycles. The van der Waals surface area contributed by atoms with Gasteiger partial charge in [0.05, 0.1) is 5.92 Å². The van der Waals surface area contributed by atoms with E-state index in [-0.39, 0.29) is 11.8 Å². The Kier molecular flexibility index (Phi) is 5.39. The zero-order valence-electron chi connectivity index (χ0n) is 9.72. The highest BCUT2D eigenvalue weighted by molar-refractivity contribution is 7.98. The maximum absolute atomic E-state index is 11.0. The number of hydrogen-bond donors (Lipinski definition) is 1. The van der Waals surface area contributed by atoms with Crippen LogP contribution < -0.4 is 0 Å². The molecule has 1 N–H and O–H groups in total. The van der Waals surface area contributed by atoms with Crippen molar-refractivity contribution >= 4 is 17.7 Å². The fourth-order valence-electron chi connectivity index (χ4n) is 1.43. The Morgan fingerprint density at radius 3 is 2.44 bits per heavy atom. The quantitative estimate of drug-likeness (QED) is 0.826. The van der Waals surface area contributed by atoms with Gasteiger partial charge in [-0.2, -0.15) is 11.8 Å². The van der Waals surface area contributed by atoms with Gasteiger partial charge in [-0.05, 0) is 11.5 Å². The summed E-state index contributed by atoms with van der Waals surface area (Å²) < 4.78 is 0. The van der Waals surface area contributed by atoms with Crippen molar-refractivity contribution in [3.05, 3.63) is 35.9 Å². The number of thioether (sulfide) groups is 1. The first-order valence-electron chi connectivity index (χ1n) is 5.45. The molecule has 0 spiro atoms. The van der Waals surface area contributed by atoms with Crippen LogP contribution >= 0.6 is 11.8 Å². The minimum absolute atomic E-state index is 0.195. The normalized spacial score (nSPS) is 12.7. The molecule has 1 aromatic carbocycles. The summed E-state index contributed by atoms with van der Waals surface area (Å²) in [5.74, 6) is 0.837. The van der Waals surface area contributed by atoms with Gasteiger partial charge in [-0.3, -0.25) is 4.79 Å². The molecule has 88 valence electrons. The van der Waals surface area contributed by atoms with Gasteiger partial charge in [-0.1, -0.05) is 44.2 Å². The molecule has 1 aromatic rings. The third-order valence-electron chi connectivity index (χ3n) is 2.53. The first-order chi connectivity index (χ1) is 7.61. The Morgan fingerprint density at radius 2 is 1.94 bits per heavy atom. The van der Waals surface area contributed by atoms with Gasteiger partial charge in [0.15, 0.2) is 0 Å². The average Bonchev–Trinajstić information content (AvgIpc) is 2.24. The van der Waals surface area contributed by atoms with Crippen LogP contribution in [0, 0.1) is 11.8 Å². The Labute approximate surface area is 101 Å². The van der Waals surface area contributed by atoms with Crippen LogP contribution in [-0.4, -0.2) is 16.8 Å². The molecule has 2 nitrogen and oxygen atoms in total. The number of carboxylic acids is 1.